The Morgan fingerprint density at radius 2 is 2.19 bits per heavy atom. The number of carbonyl (C=O) groups is 1. The molecule has 2 aromatic rings. The number of hydrazone groups is 1. The Balaban J connectivity index is 1.62. The van der Waals surface area contributed by atoms with Crippen molar-refractivity contribution >= 4 is 34.3 Å². The van der Waals surface area contributed by atoms with Gasteiger partial charge in [0, 0.05) is 24.0 Å². The van der Waals surface area contributed by atoms with Gasteiger partial charge < -0.3 is 4.90 Å². The van der Waals surface area contributed by atoms with Crippen molar-refractivity contribution in [3.05, 3.63) is 40.9 Å². The maximum Gasteiger partial charge on any atom is 0.227 e. The van der Waals surface area contributed by atoms with Gasteiger partial charge in [-0.2, -0.15) is 5.10 Å². The number of thiazole rings is 1. The van der Waals surface area contributed by atoms with Gasteiger partial charge in [-0.25, -0.2) is 4.98 Å². The van der Waals surface area contributed by atoms with Crippen LogP contribution in [0.15, 0.2) is 34.7 Å². The highest BCUT2D eigenvalue weighted by atomic mass is 32.1. The van der Waals surface area contributed by atoms with E-state index in [-0.39, 0.29) is 5.91 Å². The van der Waals surface area contributed by atoms with E-state index in [1.54, 1.807) is 6.21 Å². The van der Waals surface area contributed by atoms with Crippen LogP contribution in [-0.2, 0) is 4.79 Å². The first kappa shape index (κ1) is 13.8. The molecule has 1 N–H and O–H groups in total. The van der Waals surface area contributed by atoms with Crippen LogP contribution in [-0.4, -0.2) is 23.7 Å². The number of nitrogens with one attached hydrogen (secondary N) is 1. The SMILES string of the molecule is Cc1csc(NN=Cc2ccc(N3CCCC3=O)cc2)n1. The van der Waals surface area contributed by atoms with Crippen molar-refractivity contribution in [3.63, 3.8) is 0 Å². The molecule has 1 saturated heterocycles. The van der Waals surface area contributed by atoms with Crippen LogP contribution >= 0.6 is 11.3 Å². The number of nitrogens with zero attached hydrogens (tertiary/aromatic N) is 3. The first-order valence-electron chi connectivity index (χ1n) is 6.84. The number of benzene rings is 1. The van der Waals surface area contributed by atoms with Gasteiger partial charge in [-0.05, 0) is 31.0 Å². The maximum absolute atomic E-state index is 11.7. The van der Waals surface area contributed by atoms with Crippen LogP contribution in [0.25, 0.3) is 0 Å². The van der Waals surface area contributed by atoms with E-state index in [1.807, 2.05) is 41.5 Å². The summed E-state index contributed by atoms with van der Waals surface area (Å²) >= 11 is 1.52. The van der Waals surface area contributed by atoms with Gasteiger partial charge in [-0.3, -0.25) is 10.2 Å². The fraction of sp³-hybridized carbons (Fsp3) is 0.267. The molecule has 1 aliphatic rings. The molecule has 6 heteroatoms. The highest BCUT2D eigenvalue weighted by molar-refractivity contribution is 7.13. The summed E-state index contributed by atoms with van der Waals surface area (Å²) in [4.78, 5) is 17.8. The number of carbonyl (C=O) groups excluding carboxylic acids is 1. The molecule has 108 valence electrons. The van der Waals surface area contributed by atoms with E-state index in [9.17, 15) is 4.79 Å². The predicted octanol–water partition coefficient (Wildman–Crippen LogP) is 3.02. The van der Waals surface area contributed by atoms with Gasteiger partial charge in [-0.1, -0.05) is 12.1 Å². The van der Waals surface area contributed by atoms with Gasteiger partial charge >= 0.3 is 0 Å². The molecule has 0 spiro atoms. The van der Waals surface area contributed by atoms with Crippen LogP contribution in [0.3, 0.4) is 0 Å². The number of rotatable bonds is 4. The molecule has 0 saturated carbocycles. The van der Waals surface area contributed by atoms with Crippen LogP contribution in [0.2, 0.25) is 0 Å². The van der Waals surface area contributed by atoms with Gasteiger partial charge in [0.1, 0.15) is 0 Å². The molecule has 1 amide bonds. The third-order valence-corrected chi connectivity index (χ3v) is 4.14. The Morgan fingerprint density at radius 1 is 1.38 bits per heavy atom. The molecule has 1 aromatic carbocycles. The minimum atomic E-state index is 0.206. The van der Waals surface area contributed by atoms with Gasteiger partial charge in [0.2, 0.25) is 11.0 Å². The minimum absolute atomic E-state index is 0.206. The zero-order valence-electron chi connectivity index (χ0n) is 11.7. The number of hydrogen-bond acceptors (Lipinski definition) is 5. The Kier molecular flexibility index (Phi) is 3.96. The molecular formula is C15H16N4OS. The smallest absolute Gasteiger partial charge is 0.227 e. The van der Waals surface area contributed by atoms with E-state index in [1.165, 1.54) is 11.3 Å². The number of hydrogen-bond donors (Lipinski definition) is 1. The van der Waals surface area contributed by atoms with Crippen molar-refractivity contribution in [2.45, 2.75) is 19.8 Å². The molecule has 0 bridgehead atoms. The Morgan fingerprint density at radius 3 is 2.81 bits per heavy atom. The van der Waals surface area contributed by atoms with Crippen LogP contribution in [0.1, 0.15) is 24.1 Å². The van der Waals surface area contributed by atoms with Gasteiger partial charge in [0.15, 0.2) is 0 Å². The Bertz CT molecular complexity index is 663. The molecule has 21 heavy (non-hydrogen) atoms. The van der Waals surface area contributed by atoms with Gasteiger partial charge in [0.05, 0.1) is 11.9 Å². The average Bonchev–Trinajstić information content (AvgIpc) is 3.09. The molecule has 1 aliphatic heterocycles. The summed E-state index contributed by atoms with van der Waals surface area (Å²) in [5.74, 6) is 0.206. The fourth-order valence-electron chi connectivity index (χ4n) is 2.23. The molecule has 1 fully saturated rings. The molecule has 5 nitrogen and oxygen atoms in total. The first-order chi connectivity index (χ1) is 10.2. The second-order valence-corrected chi connectivity index (χ2v) is 5.76. The lowest BCUT2D eigenvalue weighted by Gasteiger charge is -2.15. The third-order valence-electron chi connectivity index (χ3n) is 3.27. The van der Waals surface area contributed by atoms with Crippen molar-refractivity contribution in [2.75, 3.05) is 16.9 Å². The summed E-state index contributed by atoms with van der Waals surface area (Å²) in [5.41, 5.74) is 5.82. The molecule has 0 aliphatic carbocycles. The van der Waals surface area contributed by atoms with Crippen LogP contribution in [0.4, 0.5) is 10.8 Å². The lowest BCUT2D eigenvalue weighted by molar-refractivity contribution is -0.117. The molecule has 0 atom stereocenters. The van der Waals surface area contributed by atoms with Crippen molar-refractivity contribution < 1.29 is 4.79 Å². The lowest BCUT2D eigenvalue weighted by Crippen LogP contribution is -2.23. The minimum Gasteiger partial charge on any atom is -0.312 e. The Hall–Kier alpha value is -2.21. The Labute approximate surface area is 127 Å². The lowest BCUT2D eigenvalue weighted by atomic mass is 10.2. The van der Waals surface area contributed by atoms with Crippen molar-refractivity contribution in [1.29, 1.82) is 0 Å². The first-order valence-corrected chi connectivity index (χ1v) is 7.72. The van der Waals surface area contributed by atoms with Crippen LogP contribution in [0, 0.1) is 6.92 Å². The molecular weight excluding hydrogens is 284 g/mol. The van der Waals surface area contributed by atoms with Crippen molar-refractivity contribution in [1.82, 2.24) is 4.98 Å². The highest BCUT2D eigenvalue weighted by Gasteiger charge is 2.21. The largest absolute Gasteiger partial charge is 0.312 e. The highest BCUT2D eigenvalue weighted by Crippen LogP contribution is 2.21. The van der Waals surface area contributed by atoms with Crippen LogP contribution < -0.4 is 10.3 Å². The summed E-state index contributed by atoms with van der Waals surface area (Å²) in [7, 11) is 0. The molecule has 2 heterocycles. The van der Waals surface area contributed by atoms with Crippen LogP contribution in [0.5, 0.6) is 0 Å². The van der Waals surface area contributed by atoms with Crippen molar-refractivity contribution in [3.8, 4) is 0 Å². The zero-order chi connectivity index (χ0) is 14.7. The number of anilines is 2. The number of amides is 1. The standard InChI is InChI=1S/C15H16N4OS/c1-11-10-21-15(17-11)18-16-9-12-4-6-13(7-5-12)19-8-2-3-14(19)20/h4-7,9-10H,2-3,8H2,1H3,(H,17,18). The summed E-state index contributed by atoms with van der Waals surface area (Å²) in [6.07, 6.45) is 3.34. The van der Waals surface area contributed by atoms with E-state index >= 15 is 0 Å². The number of aromatic nitrogens is 1. The molecule has 0 radical (unpaired) electrons. The maximum atomic E-state index is 11.7. The average molecular weight is 300 g/mol. The number of aryl methyl sites for hydroxylation is 1. The quantitative estimate of drug-likeness (QED) is 0.697. The van der Waals surface area contributed by atoms with E-state index in [2.05, 4.69) is 15.5 Å². The second-order valence-electron chi connectivity index (χ2n) is 4.90. The third kappa shape index (κ3) is 3.28. The summed E-state index contributed by atoms with van der Waals surface area (Å²) in [6, 6.07) is 7.83. The monoisotopic (exact) mass is 300 g/mol. The summed E-state index contributed by atoms with van der Waals surface area (Å²) in [5, 5.41) is 6.91. The van der Waals surface area contributed by atoms with E-state index in [0.717, 1.165) is 35.0 Å². The van der Waals surface area contributed by atoms with E-state index in [0.29, 0.717) is 6.42 Å². The van der Waals surface area contributed by atoms with E-state index in [4.69, 9.17) is 0 Å². The second kappa shape index (κ2) is 6.05. The van der Waals surface area contributed by atoms with Gasteiger partial charge in [0.25, 0.3) is 0 Å². The van der Waals surface area contributed by atoms with Gasteiger partial charge in [-0.15, -0.1) is 11.3 Å². The molecule has 3 rings (SSSR count). The predicted molar refractivity (Wildman–Crippen MR) is 86.1 cm³/mol. The normalized spacial score (nSPS) is 15.1. The van der Waals surface area contributed by atoms with E-state index < -0.39 is 0 Å². The summed E-state index contributed by atoms with van der Waals surface area (Å²) in [6.45, 7) is 2.76. The summed E-state index contributed by atoms with van der Waals surface area (Å²) < 4.78 is 0. The molecule has 0 unspecified atom stereocenters. The fourth-order valence-corrected chi connectivity index (χ4v) is 2.87. The van der Waals surface area contributed by atoms with Crippen molar-refractivity contribution in [2.24, 2.45) is 5.10 Å². The molecule has 1 aromatic heterocycles. The topological polar surface area (TPSA) is 57.6 Å². The zero-order valence-corrected chi connectivity index (χ0v) is 12.6.